The molecule has 2 unspecified atom stereocenters. The molecule has 1 aromatic rings. The van der Waals surface area contributed by atoms with Crippen LogP contribution < -0.4 is 5.73 Å². The van der Waals surface area contributed by atoms with E-state index in [1.165, 1.54) is 18.6 Å². The van der Waals surface area contributed by atoms with Gasteiger partial charge in [-0.3, -0.25) is 4.90 Å². The quantitative estimate of drug-likeness (QED) is 0.839. The fourth-order valence-corrected chi connectivity index (χ4v) is 3.25. The minimum Gasteiger partial charge on any atom is -0.324 e. The summed E-state index contributed by atoms with van der Waals surface area (Å²) in [4.78, 5) is 5.05. The van der Waals surface area contributed by atoms with Crippen molar-refractivity contribution in [2.45, 2.75) is 38.8 Å². The standard InChI is InChI=1S/C17H28FN3/c1-3-21(4-2)16-9-11-20(13-16)12-10-17(19)14-5-7-15(18)8-6-14/h5-8,16-17H,3-4,9-13,19H2,1-2H3. The lowest BCUT2D eigenvalue weighted by atomic mass is 10.0. The van der Waals surface area contributed by atoms with Crippen LogP contribution in [-0.4, -0.2) is 48.6 Å². The van der Waals surface area contributed by atoms with Crippen molar-refractivity contribution in [3.63, 3.8) is 0 Å². The maximum Gasteiger partial charge on any atom is 0.123 e. The van der Waals surface area contributed by atoms with E-state index in [-0.39, 0.29) is 11.9 Å². The lowest BCUT2D eigenvalue weighted by Gasteiger charge is -2.26. The van der Waals surface area contributed by atoms with Crippen LogP contribution in [-0.2, 0) is 0 Å². The predicted octanol–water partition coefficient (Wildman–Crippen LogP) is 2.63. The van der Waals surface area contributed by atoms with E-state index in [0.29, 0.717) is 6.04 Å². The summed E-state index contributed by atoms with van der Waals surface area (Å²) >= 11 is 0. The van der Waals surface area contributed by atoms with Crippen LogP contribution in [0.4, 0.5) is 4.39 Å². The number of hydrogen-bond acceptors (Lipinski definition) is 3. The Kier molecular flexibility index (Phi) is 6.15. The van der Waals surface area contributed by atoms with Gasteiger partial charge in [-0.1, -0.05) is 26.0 Å². The summed E-state index contributed by atoms with van der Waals surface area (Å²) in [5.41, 5.74) is 7.23. The third-order valence-corrected chi connectivity index (χ3v) is 4.63. The Labute approximate surface area is 127 Å². The molecule has 2 rings (SSSR count). The van der Waals surface area contributed by atoms with Crippen LogP contribution in [0.25, 0.3) is 0 Å². The first-order valence-electron chi connectivity index (χ1n) is 8.11. The second kappa shape index (κ2) is 7.87. The largest absolute Gasteiger partial charge is 0.324 e. The Bertz CT molecular complexity index is 417. The van der Waals surface area contributed by atoms with Crippen LogP contribution in [0.15, 0.2) is 24.3 Å². The molecule has 1 aromatic carbocycles. The zero-order valence-electron chi connectivity index (χ0n) is 13.3. The van der Waals surface area contributed by atoms with E-state index in [0.717, 1.165) is 44.7 Å². The third kappa shape index (κ3) is 4.50. The van der Waals surface area contributed by atoms with E-state index in [1.54, 1.807) is 12.1 Å². The molecule has 0 amide bonds. The van der Waals surface area contributed by atoms with Gasteiger partial charge < -0.3 is 10.6 Å². The van der Waals surface area contributed by atoms with Gasteiger partial charge in [0, 0.05) is 25.2 Å². The molecule has 3 nitrogen and oxygen atoms in total. The van der Waals surface area contributed by atoms with E-state index in [9.17, 15) is 4.39 Å². The highest BCUT2D eigenvalue weighted by Gasteiger charge is 2.26. The zero-order chi connectivity index (χ0) is 15.2. The van der Waals surface area contributed by atoms with Crippen LogP contribution in [0.1, 0.15) is 38.3 Å². The number of benzene rings is 1. The predicted molar refractivity (Wildman–Crippen MR) is 85.7 cm³/mol. The highest BCUT2D eigenvalue weighted by atomic mass is 19.1. The molecule has 0 aliphatic carbocycles. The number of likely N-dealkylation sites (tertiary alicyclic amines) is 1. The van der Waals surface area contributed by atoms with Gasteiger partial charge in [0.05, 0.1) is 0 Å². The molecule has 1 heterocycles. The zero-order valence-corrected chi connectivity index (χ0v) is 13.3. The lowest BCUT2D eigenvalue weighted by molar-refractivity contribution is 0.209. The summed E-state index contributed by atoms with van der Waals surface area (Å²) in [6.45, 7) is 10.1. The topological polar surface area (TPSA) is 32.5 Å². The van der Waals surface area contributed by atoms with E-state index in [2.05, 4.69) is 23.6 Å². The minimum atomic E-state index is -0.201. The molecular formula is C17H28FN3. The molecule has 0 spiro atoms. The normalized spacial score (nSPS) is 21.1. The van der Waals surface area contributed by atoms with E-state index in [4.69, 9.17) is 5.73 Å². The summed E-state index contributed by atoms with van der Waals surface area (Å²) in [6, 6.07) is 7.26. The van der Waals surface area contributed by atoms with Gasteiger partial charge in [0.25, 0.3) is 0 Å². The second-order valence-corrected chi connectivity index (χ2v) is 5.91. The Hall–Kier alpha value is -0.970. The van der Waals surface area contributed by atoms with Crippen molar-refractivity contribution in [1.82, 2.24) is 9.80 Å². The fraction of sp³-hybridized carbons (Fsp3) is 0.647. The maximum absolute atomic E-state index is 12.9. The molecule has 1 aliphatic rings. The molecule has 118 valence electrons. The number of likely N-dealkylation sites (N-methyl/N-ethyl adjacent to an activating group) is 1. The van der Waals surface area contributed by atoms with E-state index >= 15 is 0 Å². The van der Waals surface area contributed by atoms with E-state index in [1.807, 2.05) is 0 Å². The van der Waals surface area contributed by atoms with Gasteiger partial charge in [-0.05, 0) is 50.2 Å². The molecule has 4 heteroatoms. The summed E-state index contributed by atoms with van der Waals surface area (Å²) in [5, 5.41) is 0. The molecule has 0 bridgehead atoms. The van der Waals surface area contributed by atoms with Crippen LogP contribution >= 0.6 is 0 Å². The summed E-state index contributed by atoms with van der Waals surface area (Å²) in [6.07, 6.45) is 2.18. The fourth-order valence-electron chi connectivity index (χ4n) is 3.25. The average Bonchev–Trinajstić information content (AvgIpc) is 2.96. The Morgan fingerprint density at radius 3 is 2.57 bits per heavy atom. The monoisotopic (exact) mass is 293 g/mol. The van der Waals surface area contributed by atoms with Gasteiger partial charge in [0.15, 0.2) is 0 Å². The van der Waals surface area contributed by atoms with Crippen molar-refractivity contribution in [2.75, 3.05) is 32.7 Å². The van der Waals surface area contributed by atoms with Crippen LogP contribution in [0.2, 0.25) is 0 Å². The highest BCUT2D eigenvalue weighted by molar-refractivity contribution is 5.19. The molecule has 21 heavy (non-hydrogen) atoms. The van der Waals surface area contributed by atoms with Crippen molar-refractivity contribution < 1.29 is 4.39 Å². The van der Waals surface area contributed by atoms with Gasteiger partial charge in [-0.15, -0.1) is 0 Å². The van der Waals surface area contributed by atoms with Crippen molar-refractivity contribution in [1.29, 1.82) is 0 Å². The molecule has 1 aliphatic heterocycles. The molecule has 2 N–H and O–H groups in total. The third-order valence-electron chi connectivity index (χ3n) is 4.63. The van der Waals surface area contributed by atoms with Crippen molar-refractivity contribution >= 4 is 0 Å². The smallest absolute Gasteiger partial charge is 0.123 e. The van der Waals surface area contributed by atoms with Crippen LogP contribution in [0.5, 0.6) is 0 Å². The van der Waals surface area contributed by atoms with E-state index < -0.39 is 0 Å². The lowest BCUT2D eigenvalue weighted by Crippen LogP contribution is -2.37. The summed E-state index contributed by atoms with van der Waals surface area (Å²) in [7, 11) is 0. The number of hydrogen-bond donors (Lipinski definition) is 1. The van der Waals surface area contributed by atoms with Gasteiger partial charge in [0.2, 0.25) is 0 Å². The number of halogens is 1. The van der Waals surface area contributed by atoms with Gasteiger partial charge >= 0.3 is 0 Å². The first-order chi connectivity index (χ1) is 10.1. The molecule has 0 saturated carbocycles. The van der Waals surface area contributed by atoms with Gasteiger partial charge in [-0.2, -0.15) is 0 Å². The van der Waals surface area contributed by atoms with Crippen molar-refractivity contribution in [3.8, 4) is 0 Å². The number of rotatable bonds is 7. The highest BCUT2D eigenvalue weighted by Crippen LogP contribution is 2.19. The SMILES string of the molecule is CCN(CC)C1CCN(CCC(N)c2ccc(F)cc2)C1. The van der Waals surface area contributed by atoms with Crippen LogP contribution in [0, 0.1) is 5.82 Å². The molecule has 0 radical (unpaired) electrons. The number of nitrogens with zero attached hydrogens (tertiary/aromatic N) is 2. The van der Waals surface area contributed by atoms with Gasteiger partial charge in [0.1, 0.15) is 5.82 Å². The first kappa shape index (κ1) is 16.4. The Morgan fingerprint density at radius 2 is 1.95 bits per heavy atom. The molecule has 2 atom stereocenters. The Morgan fingerprint density at radius 1 is 1.29 bits per heavy atom. The molecule has 1 fully saturated rings. The summed E-state index contributed by atoms with van der Waals surface area (Å²) in [5.74, 6) is -0.201. The first-order valence-corrected chi connectivity index (χ1v) is 8.11. The van der Waals surface area contributed by atoms with Crippen molar-refractivity contribution in [3.05, 3.63) is 35.6 Å². The molecular weight excluding hydrogens is 265 g/mol. The van der Waals surface area contributed by atoms with Crippen molar-refractivity contribution in [2.24, 2.45) is 5.73 Å². The molecule has 1 saturated heterocycles. The minimum absolute atomic E-state index is 0.00176. The van der Waals surface area contributed by atoms with Crippen LogP contribution in [0.3, 0.4) is 0 Å². The average molecular weight is 293 g/mol. The molecule has 0 aromatic heterocycles. The maximum atomic E-state index is 12.9. The second-order valence-electron chi connectivity index (χ2n) is 5.91. The Balaban J connectivity index is 1.77. The van der Waals surface area contributed by atoms with Gasteiger partial charge in [-0.25, -0.2) is 4.39 Å². The number of nitrogens with two attached hydrogens (primary N) is 1. The summed E-state index contributed by atoms with van der Waals surface area (Å²) < 4.78 is 12.9.